The monoisotopic (exact) mass is 213 g/mol. The molecule has 1 atom stereocenters. The van der Waals surface area contributed by atoms with E-state index in [1.807, 2.05) is 0 Å². The second kappa shape index (κ2) is 4.94. The summed E-state index contributed by atoms with van der Waals surface area (Å²) in [5, 5.41) is 0. The minimum Gasteiger partial charge on any atom is -0.387 e. The minimum atomic E-state index is -0.0411. The van der Waals surface area contributed by atoms with Crippen molar-refractivity contribution < 1.29 is 4.74 Å². The van der Waals surface area contributed by atoms with Crippen LogP contribution >= 0.6 is 0 Å². The van der Waals surface area contributed by atoms with E-state index < -0.39 is 0 Å². The van der Waals surface area contributed by atoms with Crippen molar-refractivity contribution in [3.63, 3.8) is 0 Å². The number of likely N-dealkylation sites (N-methyl/N-ethyl adjacent to an activating group) is 1. The van der Waals surface area contributed by atoms with Gasteiger partial charge in [-0.2, -0.15) is 0 Å². The second-order valence-electron chi connectivity index (χ2n) is 5.23. The van der Waals surface area contributed by atoms with E-state index in [0.29, 0.717) is 12.4 Å². The molecule has 0 aromatic rings. The first-order valence-electron chi connectivity index (χ1n) is 5.50. The molecule has 0 aromatic carbocycles. The van der Waals surface area contributed by atoms with Gasteiger partial charge in [-0.05, 0) is 7.05 Å². The van der Waals surface area contributed by atoms with Crippen LogP contribution in [0.5, 0.6) is 0 Å². The van der Waals surface area contributed by atoms with Crippen LogP contribution in [-0.2, 0) is 4.74 Å². The van der Waals surface area contributed by atoms with Gasteiger partial charge in [0.2, 0.25) is 0 Å². The first-order valence-corrected chi connectivity index (χ1v) is 5.50. The van der Waals surface area contributed by atoms with Crippen LogP contribution in [0.2, 0.25) is 0 Å². The van der Waals surface area contributed by atoms with Gasteiger partial charge in [0.1, 0.15) is 0 Å². The number of nitrogens with zero attached hydrogens (tertiary/aromatic N) is 2. The summed E-state index contributed by atoms with van der Waals surface area (Å²) in [6, 6.07) is 0. The lowest BCUT2D eigenvalue weighted by molar-refractivity contribution is -0.0136. The quantitative estimate of drug-likeness (QED) is 0.543. The van der Waals surface area contributed by atoms with Crippen LogP contribution < -0.4 is 5.73 Å². The molecule has 0 bridgehead atoms. The Morgan fingerprint density at radius 1 is 1.53 bits per heavy atom. The lowest BCUT2D eigenvalue weighted by atomic mass is 9.95. The first-order chi connectivity index (χ1) is 6.89. The predicted molar refractivity (Wildman–Crippen MR) is 63.2 cm³/mol. The molecule has 0 saturated carbocycles. The Morgan fingerprint density at radius 3 is 2.73 bits per heavy atom. The highest BCUT2D eigenvalue weighted by molar-refractivity contribution is 5.85. The van der Waals surface area contributed by atoms with Crippen molar-refractivity contribution in [2.75, 3.05) is 33.3 Å². The summed E-state index contributed by atoms with van der Waals surface area (Å²) in [6.45, 7) is 9.63. The van der Waals surface area contributed by atoms with E-state index in [1.54, 1.807) is 0 Å². The molecule has 1 saturated heterocycles. The lowest BCUT2D eigenvalue weighted by Crippen LogP contribution is -2.42. The Hall–Kier alpha value is -0.610. The van der Waals surface area contributed by atoms with Crippen molar-refractivity contribution in [2.24, 2.45) is 16.1 Å². The van der Waals surface area contributed by atoms with Gasteiger partial charge in [-0.3, -0.25) is 4.99 Å². The van der Waals surface area contributed by atoms with Gasteiger partial charge in [-0.1, -0.05) is 20.8 Å². The number of aliphatic imine (C=N–C) groups is 1. The van der Waals surface area contributed by atoms with Gasteiger partial charge in [-0.15, -0.1) is 0 Å². The maximum Gasteiger partial charge on any atom is 0.0992 e. The number of rotatable bonds is 2. The van der Waals surface area contributed by atoms with E-state index in [0.717, 1.165) is 19.7 Å². The molecule has 1 aliphatic rings. The Labute approximate surface area is 92.5 Å². The molecule has 4 heteroatoms. The highest BCUT2D eigenvalue weighted by atomic mass is 16.5. The number of hydrogen-bond donors (Lipinski definition) is 1. The molecule has 0 radical (unpaired) electrons. The zero-order valence-electron chi connectivity index (χ0n) is 10.3. The molecular weight excluding hydrogens is 190 g/mol. The lowest BCUT2D eigenvalue weighted by Gasteiger charge is -2.29. The third kappa shape index (κ3) is 4.18. The molecule has 0 spiro atoms. The van der Waals surface area contributed by atoms with Crippen molar-refractivity contribution in [1.29, 1.82) is 0 Å². The van der Waals surface area contributed by atoms with Gasteiger partial charge in [-0.25, -0.2) is 0 Å². The topological polar surface area (TPSA) is 50.8 Å². The van der Waals surface area contributed by atoms with E-state index in [-0.39, 0.29) is 11.5 Å². The molecule has 1 aliphatic heterocycles. The number of morpholine rings is 1. The molecule has 0 aromatic heterocycles. The Kier molecular flexibility index (Phi) is 4.11. The van der Waals surface area contributed by atoms with Crippen LogP contribution in [0.25, 0.3) is 0 Å². The maximum atomic E-state index is 5.88. The highest BCUT2D eigenvalue weighted by Crippen LogP contribution is 2.13. The van der Waals surface area contributed by atoms with Gasteiger partial charge in [0, 0.05) is 18.5 Å². The van der Waals surface area contributed by atoms with E-state index in [2.05, 4.69) is 37.7 Å². The fourth-order valence-corrected chi connectivity index (χ4v) is 1.41. The summed E-state index contributed by atoms with van der Waals surface area (Å²) in [5.74, 6) is 0.708. The molecule has 0 aliphatic carbocycles. The third-order valence-corrected chi connectivity index (χ3v) is 2.58. The van der Waals surface area contributed by atoms with E-state index in [1.165, 1.54) is 0 Å². The van der Waals surface area contributed by atoms with Crippen molar-refractivity contribution in [2.45, 2.75) is 26.9 Å². The Balaban J connectivity index is 2.42. The summed E-state index contributed by atoms with van der Waals surface area (Å²) in [5.41, 5.74) is 5.84. The SMILES string of the molecule is CN1CCOC(CN=C(N)C(C)(C)C)C1. The number of nitrogens with two attached hydrogens (primary N) is 1. The van der Waals surface area contributed by atoms with Crippen molar-refractivity contribution in [3.05, 3.63) is 0 Å². The maximum absolute atomic E-state index is 5.88. The molecule has 15 heavy (non-hydrogen) atoms. The summed E-state index contributed by atoms with van der Waals surface area (Å²) in [4.78, 5) is 6.66. The molecule has 4 nitrogen and oxygen atoms in total. The largest absolute Gasteiger partial charge is 0.387 e. The van der Waals surface area contributed by atoms with Crippen LogP contribution in [0.4, 0.5) is 0 Å². The summed E-state index contributed by atoms with van der Waals surface area (Å²) in [7, 11) is 2.10. The fourth-order valence-electron chi connectivity index (χ4n) is 1.41. The van der Waals surface area contributed by atoms with E-state index in [4.69, 9.17) is 10.5 Å². The smallest absolute Gasteiger partial charge is 0.0992 e. The molecule has 1 fully saturated rings. The van der Waals surface area contributed by atoms with Crippen LogP contribution in [-0.4, -0.2) is 50.1 Å². The highest BCUT2D eigenvalue weighted by Gasteiger charge is 2.19. The van der Waals surface area contributed by atoms with Crippen LogP contribution in [0, 0.1) is 5.41 Å². The molecule has 2 N–H and O–H groups in total. The fraction of sp³-hybridized carbons (Fsp3) is 0.909. The third-order valence-electron chi connectivity index (χ3n) is 2.58. The summed E-state index contributed by atoms with van der Waals surface area (Å²) < 4.78 is 5.61. The standard InChI is InChI=1S/C11H23N3O/c1-11(2,3)10(12)13-7-9-8-14(4)5-6-15-9/h9H,5-8H2,1-4H3,(H2,12,13). The average molecular weight is 213 g/mol. The predicted octanol–water partition coefficient (Wildman–Crippen LogP) is 0.720. The molecule has 1 unspecified atom stereocenters. The second-order valence-corrected chi connectivity index (χ2v) is 5.23. The summed E-state index contributed by atoms with van der Waals surface area (Å²) in [6.07, 6.45) is 0.199. The molecular formula is C11H23N3O. The van der Waals surface area contributed by atoms with Crippen molar-refractivity contribution in [3.8, 4) is 0 Å². The minimum absolute atomic E-state index is 0.0411. The van der Waals surface area contributed by atoms with Gasteiger partial charge >= 0.3 is 0 Å². The zero-order valence-corrected chi connectivity index (χ0v) is 10.3. The van der Waals surface area contributed by atoms with Gasteiger partial charge < -0.3 is 15.4 Å². The molecule has 0 amide bonds. The van der Waals surface area contributed by atoms with Crippen LogP contribution in [0.15, 0.2) is 4.99 Å². The van der Waals surface area contributed by atoms with Crippen LogP contribution in [0.3, 0.4) is 0 Å². The number of ether oxygens (including phenoxy) is 1. The van der Waals surface area contributed by atoms with Crippen molar-refractivity contribution >= 4 is 5.84 Å². The molecule has 1 rings (SSSR count). The van der Waals surface area contributed by atoms with Crippen LogP contribution in [0.1, 0.15) is 20.8 Å². The summed E-state index contributed by atoms with van der Waals surface area (Å²) >= 11 is 0. The van der Waals surface area contributed by atoms with E-state index >= 15 is 0 Å². The van der Waals surface area contributed by atoms with Gasteiger partial charge in [0.05, 0.1) is 25.1 Å². The normalized spacial score (nSPS) is 25.6. The number of amidine groups is 1. The Bertz CT molecular complexity index is 232. The molecule has 88 valence electrons. The first kappa shape index (κ1) is 12.5. The molecule has 1 heterocycles. The average Bonchev–Trinajstić information content (AvgIpc) is 2.12. The Morgan fingerprint density at radius 2 is 2.20 bits per heavy atom. The number of hydrogen-bond acceptors (Lipinski definition) is 3. The van der Waals surface area contributed by atoms with E-state index in [9.17, 15) is 0 Å². The van der Waals surface area contributed by atoms with Gasteiger partial charge in [0.25, 0.3) is 0 Å². The van der Waals surface area contributed by atoms with Gasteiger partial charge in [0.15, 0.2) is 0 Å². The van der Waals surface area contributed by atoms with Crippen molar-refractivity contribution in [1.82, 2.24) is 4.90 Å². The zero-order chi connectivity index (χ0) is 11.5.